The number of nitrogens with zero attached hydrogens (tertiary/aromatic N) is 1. The van der Waals surface area contributed by atoms with E-state index in [0.29, 0.717) is 0 Å². The Morgan fingerprint density at radius 1 is 1.43 bits per heavy atom. The smallest absolute Gasteiger partial charge is 0.207 e. The zero-order valence-corrected chi connectivity index (χ0v) is 9.75. The number of thiol groups is 1. The van der Waals surface area contributed by atoms with Gasteiger partial charge in [-0.15, -0.1) is 12.6 Å². The van der Waals surface area contributed by atoms with Gasteiger partial charge in [-0.25, -0.2) is 8.42 Å². The van der Waals surface area contributed by atoms with Crippen LogP contribution in [0.1, 0.15) is 5.56 Å². The molecule has 1 aromatic rings. The highest BCUT2D eigenvalue weighted by Gasteiger charge is 2.20. The average Bonchev–Trinajstić information content (AvgIpc) is 2.07. The number of rotatable bonds is 1. The summed E-state index contributed by atoms with van der Waals surface area (Å²) in [5.74, 6) is 0. The molecule has 0 bridgehead atoms. The lowest BCUT2D eigenvalue weighted by atomic mass is 10.2. The van der Waals surface area contributed by atoms with Crippen LogP contribution in [0.2, 0.25) is 5.02 Å². The molecule has 0 aliphatic rings. The first-order chi connectivity index (χ1) is 6.38. The van der Waals surface area contributed by atoms with Crippen LogP contribution in [0.5, 0.6) is 0 Å². The molecule has 0 aliphatic heterocycles. The van der Waals surface area contributed by atoms with E-state index >= 15 is 0 Å². The van der Waals surface area contributed by atoms with Crippen LogP contribution < -0.4 is 0 Å². The highest BCUT2D eigenvalue weighted by atomic mass is 35.7. The highest BCUT2D eigenvalue weighted by molar-refractivity contribution is 8.14. The lowest BCUT2D eigenvalue weighted by molar-refractivity contribution is 0.607. The van der Waals surface area contributed by atoms with Gasteiger partial charge in [0.25, 0.3) is 9.05 Å². The van der Waals surface area contributed by atoms with Crippen molar-refractivity contribution in [2.24, 2.45) is 0 Å². The summed E-state index contributed by atoms with van der Waals surface area (Å²) in [4.78, 5) is -0.363. The van der Waals surface area contributed by atoms with Gasteiger partial charge in [0.2, 0.25) is 0 Å². The maximum atomic E-state index is 11.1. The fourth-order valence-corrected chi connectivity index (χ4v) is 3.01. The van der Waals surface area contributed by atoms with Crippen LogP contribution in [-0.4, -0.2) is 8.42 Å². The van der Waals surface area contributed by atoms with Gasteiger partial charge in [-0.2, -0.15) is 5.26 Å². The highest BCUT2D eigenvalue weighted by Crippen LogP contribution is 2.32. The summed E-state index contributed by atoms with van der Waals surface area (Å²) in [6, 6.07) is 4.36. The molecule has 0 atom stereocenters. The SMILES string of the molecule is N#Cc1ccc(Cl)c(S)c1S(=O)(=O)Cl. The molecule has 0 aliphatic carbocycles. The molecule has 1 aromatic carbocycles. The van der Waals surface area contributed by atoms with Gasteiger partial charge >= 0.3 is 0 Å². The predicted molar refractivity (Wildman–Crippen MR) is 56.5 cm³/mol. The summed E-state index contributed by atoms with van der Waals surface area (Å²) >= 11 is 9.52. The standard InChI is InChI=1S/C7H3Cl2NO2S2/c8-5-2-1-4(3-10)7(6(5)13)14(9,11)12/h1-2,13H. The van der Waals surface area contributed by atoms with Crippen LogP contribution in [0, 0.1) is 11.3 Å². The second-order valence-corrected chi connectivity index (χ2v) is 5.68. The molecule has 0 N–H and O–H groups in total. The molecule has 0 radical (unpaired) electrons. The molecule has 3 nitrogen and oxygen atoms in total. The molecular weight excluding hydrogens is 265 g/mol. The van der Waals surface area contributed by atoms with Crippen molar-refractivity contribution in [2.45, 2.75) is 9.79 Å². The molecule has 7 heteroatoms. The maximum Gasteiger partial charge on any atom is 0.263 e. The van der Waals surface area contributed by atoms with E-state index in [-0.39, 0.29) is 20.4 Å². The topological polar surface area (TPSA) is 57.9 Å². The lowest BCUT2D eigenvalue weighted by Gasteiger charge is -2.04. The molecule has 0 saturated carbocycles. The molecule has 0 saturated heterocycles. The monoisotopic (exact) mass is 267 g/mol. The third kappa shape index (κ3) is 2.15. The Kier molecular flexibility index (Phi) is 3.32. The number of hydrogen-bond donors (Lipinski definition) is 1. The van der Waals surface area contributed by atoms with Crippen molar-refractivity contribution in [1.82, 2.24) is 0 Å². The van der Waals surface area contributed by atoms with Crippen molar-refractivity contribution in [3.63, 3.8) is 0 Å². The molecule has 0 unspecified atom stereocenters. The van der Waals surface area contributed by atoms with E-state index in [2.05, 4.69) is 12.6 Å². The van der Waals surface area contributed by atoms with E-state index in [9.17, 15) is 8.42 Å². The summed E-state index contributed by atoms with van der Waals surface area (Å²) in [5, 5.41) is 8.78. The van der Waals surface area contributed by atoms with Crippen LogP contribution in [0.4, 0.5) is 0 Å². The van der Waals surface area contributed by atoms with E-state index in [1.807, 2.05) is 0 Å². The van der Waals surface area contributed by atoms with Gasteiger partial charge in [0.1, 0.15) is 11.0 Å². The first kappa shape index (κ1) is 11.7. The Labute approximate surface area is 96.1 Å². The minimum absolute atomic E-state index is 0.0132. The molecule has 0 heterocycles. The van der Waals surface area contributed by atoms with Crippen molar-refractivity contribution >= 4 is 44.0 Å². The molecule has 0 amide bonds. The van der Waals surface area contributed by atoms with Crippen LogP contribution in [0.15, 0.2) is 21.9 Å². The van der Waals surface area contributed by atoms with Gasteiger partial charge in [-0.05, 0) is 12.1 Å². The zero-order chi connectivity index (χ0) is 10.9. The fourth-order valence-electron chi connectivity index (χ4n) is 0.882. The molecule has 14 heavy (non-hydrogen) atoms. The van der Waals surface area contributed by atoms with Crippen LogP contribution in [0.3, 0.4) is 0 Å². The number of benzene rings is 1. The fraction of sp³-hybridized carbons (Fsp3) is 0. The summed E-state index contributed by atoms with van der Waals surface area (Å²) in [6.07, 6.45) is 0. The van der Waals surface area contributed by atoms with Gasteiger partial charge in [0.05, 0.1) is 10.6 Å². The predicted octanol–water partition coefficient (Wildman–Crippen LogP) is 2.43. The minimum atomic E-state index is -4.01. The Hall–Kier alpha value is -0.410. The molecule has 0 fully saturated rings. The van der Waals surface area contributed by atoms with Gasteiger partial charge in [0, 0.05) is 15.6 Å². The van der Waals surface area contributed by atoms with Gasteiger partial charge < -0.3 is 0 Å². The normalized spacial score (nSPS) is 11.0. The van der Waals surface area contributed by atoms with Crippen LogP contribution in [-0.2, 0) is 9.05 Å². The summed E-state index contributed by atoms with van der Waals surface area (Å²) in [5.41, 5.74) is -0.0746. The molecule has 1 rings (SSSR count). The third-order valence-electron chi connectivity index (χ3n) is 1.45. The molecular formula is C7H3Cl2NO2S2. The average molecular weight is 268 g/mol. The number of hydrogen-bond acceptors (Lipinski definition) is 4. The largest absolute Gasteiger partial charge is 0.263 e. The summed E-state index contributed by atoms with van der Waals surface area (Å²) in [6.45, 7) is 0. The maximum absolute atomic E-state index is 11.1. The summed E-state index contributed by atoms with van der Waals surface area (Å²) in [7, 11) is 1.12. The Morgan fingerprint density at radius 2 is 2.00 bits per heavy atom. The quantitative estimate of drug-likeness (QED) is 0.628. The molecule has 0 aromatic heterocycles. The van der Waals surface area contributed by atoms with E-state index in [1.165, 1.54) is 12.1 Å². The van der Waals surface area contributed by atoms with Gasteiger partial charge in [-0.3, -0.25) is 0 Å². The second-order valence-electron chi connectivity index (χ2n) is 2.32. The molecule has 74 valence electrons. The number of nitriles is 1. The van der Waals surface area contributed by atoms with Crippen molar-refractivity contribution in [1.29, 1.82) is 5.26 Å². The van der Waals surface area contributed by atoms with Crippen LogP contribution >= 0.6 is 34.9 Å². The van der Waals surface area contributed by atoms with E-state index in [4.69, 9.17) is 27.5 Å². The van der Waals surface area contributed by atoms with Crippen molar-refractivity contribution in [2.75, 3.05) is 0 Å². The molecule has 0 spiro atoms. The Balaban J connectivity index is 3.72. The minimum Gasteiger partial charge on any atom is -0.207 e. The number of halogens is 2. The Bertz CT molecular complexity index is 519. The van der Waals surface area contributed by atoms with E-state index in [0.717, 1.165) is 0 Å². The summed E-state index contributed by atoms with van der Waals surface area (Å²) < 4.78 is 22.2. The van der Waals surface area contributed by atoms with Gasteiger partial charge in [0.15, 0.2) is 0 Å². The van der Waals surface area contributed by atoms with Crippen molar-refractivity contribution < 1.29 is 8.42 Å². The van der Waals surface area contributed by atoms with Crippen molar-refractivity contribution in [3.05, 3.63) is 22.7 Å². The van der Waals surface area contributed by atoms with Crippen LogP contribution in [0.25, 0.3) is 0 Å². The third-order valence-corrected chi connectivity index (χ3v) is 3.88. The first-order valence-corrected chi connectivity index (χ1v) is 6.37. The first-order valence-electron chi connectivity index (χ1n) is 3.24. The van der Waals surface area contributed by atoms with Crippen molar-refractivity contribution in [3.8, 4) is 6.07 Å². The second kappa shape index (κ2) is 3.99. The van der Waals surface area contributed by atoms with Gasteiger partial charge in [-0.1, -0.05) is 11.6 Å². The lowest BCUT2D eigenvalue weighted by Crippen LogP contribution is -1.97. The zero-order valence-electron chi connectivity index (χ0n) is 6.53. The van der Waals surface area contributed by atoms with E-state index < -0.39 is 9.05 Å². The van der Waals surface area contributed by atoms with E-state index in [1.54, 1.807) is 6.07 Å². The Morgan fingerprint density at radius 3 is 2.43 bits per heavy atom.